The molecule has 0 saturated heterocycles. The maximum absolute atomic E-state index is 6.49. The number of fused-ring (bicyclic) bond motifs is 1. The Hall–Kier alpha value is -2.13. The first-order valence-electron chi connectivity index (χ1n) is 7.27. The third-order valence-corrected chi connectivity index (χ3v) is 3.81. The van der Waals surface area contributed by atoms with Gasteiger partial charge >= 0.3 is 0 Å². The van der Waals surface area contributed by atoms with Gasteiger partial charge < -0.3 is 5.73 Å². The second-order valence-corrected chi connectivity index (χ2v) is 6.47. The Labute approximate surface area is 125 Å². The maximum Gasteiger partial charge on any atom is 0.131 e. The van der Waals surface area contributed by atoms with Crippen molar-refractivity contribution in [1.29, 1.82) is 0 Å². The molecule has 0 amide bonds. The van der Waals surface area contributed by atoms with Gasteiger partial charge in [0, 0.05) is 5.69 Å². The summed E-state index contributed by atoms with van der Waals surface area (Å²) in [6.07, 6.45) is 0. The third kappa shape index (κ3) is 2.45. The maximum atomic E-state index is 6.49. The van der Waals surface area contributed by atoms with Gasteiger partial charge in [-0.3, -0.25) is 4.57 Å². The molecule has 0 saturated carbocycles. The fourth-order valence-corrected chi connectivity index (χ4v) is 2.49. The number of rotatable bonds is 2. The molecule has 3 aromatic rings. The molecule has 3 heteroatoms. The molecule has 0 radical (unpaired) electrons. The van der Waals surface area contributed by atoms with Crippen LogP contribution in [0.25, 0.3) is 16.7 Å². The van der Waals surface area contributed by atoms with Crippen molar-refractivity contribution in [3.05, 3.63) is 60.4 Å². The van der Waals surface area contributed by atoms with Crippen LogP contribution in [-0.4, -0.2) is 9.55 Å². The number of nitrogens with two attached hydrogens (primary N) is 1. The number of para-hydroxylation sites is 3. The van der Waals surface area contributed by atoms with Gasteiger partial charge in [-0.2, -0.15) is 0 Å². The number of imidazole rings is 1. The lowest BCUT2D eigenvalue weighted by atomic mass is 9.87. The van der Waals surface area contributed by atoms with Crippen molar-refractivity contribution in [2.24, 2.45) is 11.1 Å². The van der Waals surface area contributed by atoms with Crippen LogP contribution < -0.4 is 5.73 Å². The molecule has 108 valence electrons. The molecular formula is C18H21N3. The quantitative estimate of drug-likeness (QED) is 0.768. The molecule has 3 nitrogen and oxygen atoms in total. The summed E-state index contributed by atoms with van der Waals surface area (Å²) in [5, 5.41) is 0. The van der Waals surface area contributed by atoms with E-state index >= 15 is 0 Å². The summed E-state index contributed by atoms with van der Waals surface area (Å²) in [5.74, 6) is 0.912. The molecule has 0 fully saturated rings. The van der Waals surface area contributed by atoms with Crippen LogP contribution >= 0.6 is 0 Å². The second kappa shape index (κ2) is 5.01. The van der Waals surface area contributed by atoms with Crippen LogP contribution in [0.5, 0.6) is 0 Å². The van der Waals surface area contributed by atoms with E-state index in [2.05, 4.69) is 43.5 Å². The first-order valence-corrected chi connectivity index (χ1v) is 7.27. The van der Waals surface area contributed by atoms with Crippen molar-refractivity contribution >= 4 is 11.0 Å². The minimum Gasteiger partial charge on any atom is -0.321 e. The Morgan fingerprint density at radius 3 is 2.24 bits per heavy atom. The fraction of sp³-hybridized carbons (Fsp3) is 0.278. The van der Waals surface area contributed by atoms with Crippen molar-refractivity contribution in [1.82, 2.24) is 9.55 Å². The van der Waals surface area contributed by atoms with Crippen molar-refractivity contribution in [2.45, 2.75) is 26.8 Å². The van der Waals surface area contributed by atoms with Crippen molar-refractivity contribution in [3.8, 4) is 5.69 Å². The van der Waals surface area contributed by atoms with Crippen LogP contribution in [0.2, 0.25) is 0 Å². The van der Waals surface area contributed by atoms with Crippen molar-refractivity contribution in [3.63, 3.8) is 0 Å². The zero-order valence-corrected chi connectivity index (χ0v) is 12.7. The van der Waals surface area contributed by atoms with Gasteiger partial charge in [-0.15, -0.1) is 0 Å². The standard InChI is InChI=1S/C18H21N3/c1-18(2,3)16(19)17-20-14-11-7-8-12-15(14)21(17)13-9-5-4-6-10-13/h4-12,16H,19H2,1-3H3. The lowest BCUT2D eigenvalue weighted by Gasteiger charge is -2.27. The molecular weight excluding hydrogens is 258 g/mol. The van der Waals surface area contributed by atoms with E-state index in [1.807, 2.05) is 36.4 Å². The number of hydrogen-bond donors (Lipinski definition) is 1. The van der Waals surface area contributed by atoms with E-state index in [1.165, 1.54) is 0 Å². The van der Waals surface area contributed by atoms with Crippen molar-refractivity contribution < 1.29 is 0 Å². The average molecular weight is 279 g/mol. The largest absolute Gasteiger partial charge is 0.321 e. The molecule has 0 bridgehead atoms. The van der Waals surface area contributed by atoms with E-state index < -0.39 is 0 Å². The van der Waals surface area contributed by atoms with Gasteiger partial charge in [-0.1, -0.05) is 51.1 Å². The van der Waals surface area contributed by atoms with Crippen LogP contribution in [0.3, 0.4) is 0 Å². The summed E-state index contributed by atoms with van der Waals surface area (Å²) in [7, 11) is 0. The van der Waals surface area contributed by atoms with Gasteiger partial charge in [0.25, 0.3) is 0 Å². The van der Waals surface area contributed by atoms with Crippen LogP contribution in [0.15, 0.2) is 54.6 Å². The number of aromatic nitrogens is 2. The topological polar surface area (TPSA) is 43.8 Å². The minimum atomic E-state index is -0.134. The average Bonchev–Trinajstić information content (AvgIpc) is 2.85. The molecule has 0 aliphatic rings. The predicted octanol–water partition coefficient (Wildman–Crippen LogP) is 4.07. The van der Waals surface area contributed by atoms with E-state index in [1.54, 1.807) is 0 Å². The highest BCUT2D eigenvalue weighted by atomic mass is 15.1. The summed E-state index contributed by atoms with van der Waals surface area (Å²) >= 11 is 0. The Bertz CT molecular complexity index is 751. The van der Waals surface area contributed by atoms with Gasteiger partial charge in [0.05, 0.1) is 17.1 Å². The zero-order chi connectivity index (χ0) is 15.0. The highest BCUT2D eigenvalue weighted by Crippen LogP contribution is 2.33. The van der Waals surface area contributed by atoms with Gasteiger partial charge in [0.15, 0.2) is 0 Å². The second-order valence-electron chi connectivity index (χ2n) is 6.47. The molecule has 1 heterocycles. The van der Waals surface area contributed by atoms with Gasteiger partial charge in [0.2, 0.25) is 0 Å². The lowest BCUT2D eigenvalue weighted by molar-refractivity contribution is 0.314. The Kier molecular flexibility index (Phi) is 3.30. The molecule has 1 unspecified atom stereocenters. The van der Waals surface area contributed by atoms with Gasteiger partial charge in [-0.05, 0) is 29.7 Å². The summed E-state index contributed by atoms with van der Waals surface area (Å²) in [4.78, 5) is 4.79. The van der Waals surface area contributed by atoms with E-state index in [0.717, 1.165) is 22.5 Å². The molecule has 21 heavy (non-hydrogen) atoms. The Balaban J connectivity index is 2.30. The first kappa shape index (κ1) is 13.8. The number of nitrogens with zero attached hydrogens (tertiary/aromatic N) is 2. The summed E-state index contributed by atoms with van der Waals surface area (Å²) in [6, 6.07) is 18.3. The number of hydrogen-bond acceptors (Lipinski definition) is 2. The zero-order valence-electron chi connectivity index (χ0n) is 12.7. The summed E-state index contributed by atoms with van der Waals surface area (Å²) in [5.41, 5.74) is 9.62. The number of benzene rings is 2. The van der Waals surface area contributed by atoms with Gasteiger partial charge in [-0.25, -0.2) is 4.98 Å². The lowest BCUT2D eigenvalue weighted by Crippen LogP contribution is -2.29. The highest BCUT2D eigenvalue weighted by molar-refractivity contribution is 5.78. The van der Waals surface area contributed by atoms with E-state index in [0.29, 0.717) is 0 Å². The van der Waals surface area contributed by atoms with Gasteiger partial charge in [0.1, 0.15) is 5.82 Å². The summed E-state index contributed by atoms with van der Waals surface area (Å²) < 4.78 is 2.17. The highest BCUT2D eigenvalue weighted by Gasteiger charge is 2.28. The van der Waals surface area contributed by atoms with Crippen LogP contribution in [0.1, 0.15) is 32.6 Å². The molecule has 0 spiro atoms. The smallest absolute Gasteiger partial charge is 0.131 e. The molecule has 1 aromatic heterocycles. The van der Waals surface area contributed by atoms with Crippen molar-refractivity contribution in [2.75, 3.05) is 0 Å². The molecule has 1 atom stereocenters. The van der Waals surface area contributed by atoms with E-state index in [4.69, 9.17) is 10.7 Å². The van der Waals surface area contributed by atoms with Crippen LogP contribution in [-0.2, 0) is 0 Å². The monoisotopic (exact) mass is 279 g/mol. The minimum absolute atomic E-state index is 0.0477. The molecule has 0 aliphatic carbocycles. The molecule has 2 aromatic carbocycles. The van der Waals surface area contributed by atoms with E-state index in [9.17, 15) is 0 Å². The normalized spacial score (nSPS) is 13.5. The SMILES string of the molecule is CC(C)(C)C(N)c1nc2ccccc2n1-c1ccccc1. The molecule has 0 aliphatic heterocycles. The summed E-state index contributed by atoms with van der Waals surface area (Å²) in [6.45, 7) is 6.44. The predicted molar refractivity (Wildman–Crippen MR) is 87.5 cm³/mol. The first-order chi connectivity index (χ1) is 9.98. The Morgan fingerprint density at radius 2 is 1.57 bits per heavy atom. The Morgan fingerprint density at radius 1 is 0.952 bits per heavy atom. The fourth-order valence-electron chi connectivity index (χ4n) is 2.49. The third-order valence-electron chi connectivity index (χ3n) is 3.81. The van der Waals surface area contributed by atoms with Crippen LogP contribution in [0.4, 0.5) is 0 Å². The molecule has 2 N–H and O–H groups in total. The van der Waals surface area contributed by atoms with E-state index in [-0.39, 0.29) is 11.5 Å². The molecule has 3 rings (SSSR count). The van der Waals surface area contributed by atoms with Crippen LogP contribution in [0, 0.1) is 5.41 Å².